The number of nitro groups is 1. The fraction of sp³-hybridized carbons (Fsp3) is 0.385. The van der Waals surface area contributed by atoms with Gasteiger partial charge in [0, 0.05) is 18.7 Å². The van der Waals surface area contributed by atoms with Crippen LogP contribution in [0.15, 0.2) is 21.7 Å². The Balaban J connectivity index is 2.49. The predicted octanol–water partition coefficient (Wildman–Crippen LogP) is 1.01. The average Bonchev–Trinajstić information content (AvgIpc) is 2.44. The SMILES string of the molecule is CCCCNCc1cc([N+](=O)[O-])cc2[nH]c(=O)c(=O)[nH]c12. The molecule has 0 unspecified atom stereocenters. The van der Waals surface area contributed by atoms with Crippen LogP contribution in [0.4, 0.5) is 5.69 Å². The van der Waals surface area contributed by atoms with Crippen molar-refractivity contribution >= 4 is 16.7 Å². The molecule has 0 saturated carbocycles. The molecule has 1 aromatic heterocycles. The number of benzene rings is 1. The van der Waals surface area contributed by atoms with Gasteiger partial charge in [0.1, 0.15) is 0 Å². The van der Waals surface area contributed by atoms with E-state index in [4.69, 9.17) is 0 Å². The Bertz CT molecular complexity index is 778. The van der Waals surface area contributed by atoms with Gasteiger partial charge >= 0.3 is 11.1 Å². The number of nitrogens with zero attached hydrogens (tertiary/aromatic N) is 1. The summed E-state index contributed by atoms with van der Waals surface area (Å²) in [5.74, 6) is 0. The highest BCUT2D eigenvalue weighted by molar-refractivity contribution is 5.80. The first-order valence-corrected chi connectivity index (χ1v) is 6.67. The molecule has 0 amide bonds. The van der Waals surface area contributed by atoms with E-state index in [1.807, 2.05) is 0 Å². The Morgan fingerprint density at radius 3 is 2.62 bits per heavy atom. The van der Waals surface area contributed by atoms with Gasteiger partial charge in [0.15, 0.2) is 0 Å². The van der Waals surface area contributed by atoms with Crippen LogP contribution in [0, 0.1) is 10.1 Å². The number of aromatic nitrogens is 2. The van der Waals surface area contributed by atoms with Crippen LogP contribution in [-0.2, 0) is 6.54 Å². The molecule has 112 valence electrons. The maximum Gasteiger partial charge on any atom is 0.314 e. The summed E-state index contributed by atoms with van der Waals surface area (Å²) in [7, 11) is 0. The first kappa shape index (κ1) is 14.9. The van der Waals surface area contributed by atoms with E-state index < -0.39 is 16.0 Å². The lowest BCUT2D eigenvalue weighted by Gasteiger charge is -2.07. The summed E-state index contributed by atoms with van der Waals surface area (Å²) in [6.45, 7) is 3.21. The molecule has 0 atom stereocenters. The number of hydrogen-bond donors (Lipinski definition) is 3. The lowest BCUT2D eigenvalue weighted by atomic mass is 10.1. The third kappa shape index (κ3) is 3.34. The number of H-pyrrole nitrogens is 2. The fourth-order valence-electron chi connectivity index (χ4n) is 2.05. The van der Waals surface area contributed by atoms with Crippen LogP contribution in [0.5, 0.6) is 0 Å². The molecule has 1 aromatic carbocycles. The summed E-state index contributed by atoms with van der Waals surface area (Å²) in [4.78, 5) is 38.0. The third-order valence-corrected chi connectivity index (χ3v) is 3.13. The monoisotopic (exact) mass is 292 g/mol. The molecule has 8 nitrogen and oxygen atoms in total. The summed E-state index contributed by atoms with van der Waals surface area (Å²) in [6.07, 6.45) is 2.02. The highest BCUT2D eigenvalue weighted by Crippen LogP contribution is 2.21. The van der Waals surface area contributed by atoms with Crippen LogP contribution < -0.4 is 16.4 Å². The maximum absolute atomic E-state index is 11.4. The first-order valence-electron chi connectivity index (χ1n) is 6.67. The standard InChI is InChI=1S/C13H16N4O4/c1-2-3-4-14-7-8-5-9(17(20)21)6-10-11(8)16-13(19)12(18)15-10/h5-6,14H,2-4,7H2,1H3,(H,15,18)(H,16,19). The maximum atomic E-state index is 11.4. The van der Waals surface area contributed by atoms with Gasteiger partial charge in [0.05, 0.1) is 16.0 Å². The number of rotatable bonds is 6. The van der Waals surface area contributed by atoms with Crippen molar-refractivity contribution in [3.05, 3.63) is 48.5 Å². The van der Waals surface area contributed by atoms with Crippen molar-refractivity contribution in [3.63, 3.8) is 0 Å². The summed E-state index contributed by atoms with van der Waals surface area (Å²) >= 11 is 0. The molecule has 0 aliphatic rings. The van der Waals surface area contributed by atoms with Crippen LogP contribution >= 0.6 is 0 Å². The van der Waals surface area contributed by atoms with E-state index >= 15 is 0 Å². The topological polar surface area (TPSA) is 121 Å². The average molecular weight is 292 g/mol. The van der Waals surface area contributed by atoms with Crippen molar-refractivity contribution in [2.45, 2.75) is 26.3 Å². The lowest BCUT2D eigenvalue weighted by molar-refractivity contribution is -0.384. The molecule has 0 bridgehead atoms. The number of nitro benzene ring substituents is 1. The van der Waals surface area contributed by atoms with Crippen LogP contribution in [0.2, 0.25) is 0 Å². The molecule has 2 aromatic rings. The highest BCUT2D eigenvalue weighted by atomic mass is 16.6. The van der Waals surface area contributed by atoms with Gasteiger partial charge < -0.3 is 15.3 Å². The van der Waals surface area contributed by atoms with E-state index in [0.717, 1.165) is 19.4 Å². The number of nitrogens with one attached hydrogen (secondary N) is 3. The van der Waals surface area contributed by atoms with E-state index in [9.17, 15) is 19.7 Å². The van der Waals surface area contributed by atoms with Gasteiger partial charge in [-0.2, -0.15) is 0 Å². The van der Waals surface area contributed by atoms with Crippen molar-refractivity contribution < 1.29 is 4.92 Å². The molecule has 0 spiro atoms. The smallest absolute Gasteiger partial charge is 0.314 e. The molecule has 1 heterocycles. The Labute approximate surface area is 119 Å². The minimum atomic E-state index is -0.826. The zero-order chi connectivity index (χ0) is 15.4. The van der Waals surface area contributed by atoms with Gasteiger partial charge in [-0.25, -0.2) is 0 Å². The summed E-state index contributed by atoms with van der Waals surface area (Å²) in [5, 5.41) is 14.1. The molecule has 0 fully saturated rings. The molecule has 0 saturated heterocycles. The van der Waals surface area contributed by atoms with Gasteiger partial charge in [-0.05, 0) is 18.5 Å². The lowest BCUT2D eigenvalue weighted by Crippen LogP contribution is -2.29. The van der Waals surface area contributed by atoms with Gasteiger partial charge in [0.25, 0.3) is 5.69 Å². The van der Waals surface area contributed by atoms with Crippen LogP contribution in [0.1, 0.15) is 25.3 Å². The second-order valence-corrected chi connectivity index (χ2v) is 4.72. The Morgan fingerprint density at radius 1 is 1.24 bits per heavy atom. The molecule has 21 heavy (non-hydrogen) atoms. The van der Waals surface area contributed by atoms with Gasteiger partial charge in [-0.15, -0.1) is 0 Å². The number of non-ortho nitro benzene ring substituents is 1. The van der Waals surface area contributed by atoms with Crippen LogP contribution in [0.25, 0.3) is 11.0 Å². The third-order valence-electron chi connectivity index (χ3n) is 3.13. The van der Waals surface area contributed by atoms with Gasteiger partial charge in [-0.1, -0.05) is 13.3 Å². The van der Waals surface area contributed by atoms with E-state index in [0.29, 0.717) is 17.6 Å². The minimum Gasteiger partial charge on any atom is -0.316 e. The quantitative estimate of drug-likeness (QED) is 0.317. The molecule has 0 aliphatic heterocycles. The summed E-state index contributed by atoms with van der Waals surface area (Å²) in [6, 6.07) is 2.64. The highest BCUT2D eigenvalue weighted by Gasteiger charge is 2.13. The Hall–Kier alpha value is -2.48. The normalized spacial score (nSPS) is 10.9. The molecular weight excluding hydrogens is 276 g/mol. The number of fused-ring (bicyclic) bond motifs is 1. The van der Waals surface area contributed by atoms with Crippen LogP contribution in [-0.4, -0.2) is 21.4 Å². The first-order chi connectivity index (χ1) is 10.0. The molecule has 2 rings (SSSR count). The minimum absolute atomic E-state index is 0.127. The van der Waals surface area contributed by atoms with E-state index in [1.54, 1.807) is 0 Å². The molecule has 0 aliphatic carbocycles. The van der Waals surface area contributed by atoms with Crippen molar-refractivity contribution in [1.29, 1.82) is 0 Å². The largest absolute Gasteiger partial charge is 0.316 e. The fourth-order valence-corrected chi connectivity index (χ4v) is 2.05. The molecular formula is C13H16N4O4. The van der Waals surface area contributed by atoms with Crippen molar-refractivity contribution in [2.24, 2.45) is 0 Å². The molecule has 0 radical (unpaired) electrons. The predicted molar refractivity (Wildman–Crippen MR) is 78.5 cm³/mol. The van der Waals surface area contributed by atoms with Crippen molar-refractivity contribution in [1.82, 2.24) is 15.3 Å². The number of unbranched alkanes of at least 4 members (excludes halogenated alkanes) is 1. The Kier molecular flexibility index (Phi) is 4.49. The molecule has 8 heteroatoms. The Morgan fingerprint density at radius 2 is 1.95 bits per heavy atom. The van der Waals surface area contributed by atoms with Crippen molar-refractivity contribution in [2.75, 3.05) is 6.54 Å². The van der Waals surface area contributed by atoms with E-state index in [1.165, 1.54) is 12.1 Å². The second-order valence-electron chi connectivity index (χ2n) is 4.72. The number of aromatic amines is 2. The molecule has 3 N–H and O–H groups in total. The van der Waals surface area contributed by atoms with Gasteiger partial charge in [-0.3, -0.25) is 19.7 Å². The number of hydrogen-bond acceptors (Lipinski definition) is 5. The zero-order valence-corrected chi connectivity index (χ0v) is 11.6. The van der Waals surface area contributed by atoms with Crippen LogP contribution in [0.3, 0.4) is 0 Å². The van der Waals surface area contributed by atoms with E-state index in [2.05, 4.69) is 22.2 Å². The van der Waals surface area contributed by atoms with E-state index in [-0.39, 0.29) is 11.2 Å². The van der Waals surface area contributed by atoms with Gasteiger partial charge in [0.2, 0.25) is 0 Å². The summed E-state index contributed by atoms with van der Waals surface area (Å²) < 4.78 is 0. The second kappa shape index (κ2) is 6.31. The van der Waals surface area contributed by atoms with Crippen molar-refractivity contribution in [3.8, 4) is 0 Å². The summed E-state index contributed by atoms with van der Waals surface area (Å²) in [5.41, 5.74) is -0.490. The zero-order valence-electron chi connectivity index (χ0n) is 11.6.